The van der Waals surface area contributed by atoms with E-state index in [2.05, 4.69) is 15.8 Å². The topological polar surface area (TPSA) is 43.8 Å². The summed E-state index contributed by atoms with van der Waals surface area (Å²) in [5.41, 5.74) is 8.93. The van der Waals surface area contributed by atoms with Gasteiger partial charge in [-0.3, -0.25) is 4.68 Å². The van der Waals surface area contributed by atoms with E-state index in [4.69, 9.17) is 5.73 Å². The molecule has 1 saturated carbocycles. The lowest BCUT2D eigenvalue weighted by molar-refractivity contribution is 0.481. The van der Waals surface area contributed by atoms with Crippen LogP contribution >= 0.6 is 0 Å². The van der Waals surface area contributed by atoms with Gasteiger partial charge in [0.1, 0.15) is 0 Å². The van der Waals surface area contributed by atoms with Gasteiger partial charge in [-0.1, -0.05) is 0 Å². The van der Waals surface area contributed by atoms with Crippen LogP contribution < -0.4 is 5.73 Å². The van der Waals surface area contributed by atoms with Crippen molar-refractivity contribution in [3.63, 3.8) is 0 Å². The maximum atomic E-state index is 6.08. The first-order valence-corrected chi connectivity index (χ1v) is 6.10. The van der Waals surface area contributed by atoms with Gasteiger partial charge < -0.3 is 5.73 Å². The summed E-state index contributed by atoms with van der Waals surface area (Å²) in [5.74, 6) is 0. The minimum absolute atomic E-state index is 0.171. The van der Waals surface area contributed by atoms with Gasteiger partial charge in [0, 0.05) is 17.8 Å². The highest BCUT2D eigenvalue weighted by atomic mass is 15.3. The lowest BCUT2D eigenvalue weighted by Crippen LogP contribution is -2.22. The summed E-state index contributed by atoms with van der Waals surface area (Å²) >= 11 is 0. The molecule has 2 aliphatic rings. The van der Waals surface area contributed by atoms with Crippen molar-refractivity contribution in [2.75, 3.05) is 0 Å². The maximum Gasteiger partial charge on any atom is 0.0628 e. The van der Waals surface area contributed by atoms with E-state index in [-0.39, 0.29) is 5.54 Å². The first-order chi connectivity index (χ1) is 7.25. The number of aryl methyl sites for hydroxylation is 3. The Hall–Kier alpha value is -0.830. The molecule has 0 saturated heterocycles. The summed E-state index contributed by atoms with van der Waals surface area (Å²) in [7, 11) is 0. The third-order valence-corrected chi connectivity index (χ3v) is 3.74. The quantitative estimate of drug-likeness (QED) is 0.815. The number of hydrogen-bond donors (Lipinski definition) is 1. The van der Waals surface area contributed by atoms with Gasteiger partial charge >= 0.3 is 0 Å². The van der Waals surface area contributed by atoms with Crippen molar-refractivity contribution in [3.8, 4) is 0 Å². The van der Waals surface area contributed by atoms with Crippen LogP contribution in [-0.2, 0) is 19.4 Å². The Labute approximate surface area is 90.7 Å². The van der Waals surface area contributed by atoms with Crippen molar-refractivity contribution in [3.05, 3.63) is 17.5 Å². The standard InChI is InChI=1S/C12H19N3/c13-12(6-7-12)5-4-10-9-11-3-1-2-8-15(11)14-10/h9H,1-8,13H2. The molecule has 0 unspecified atom stereocenters. The summed E-state index contributed by atoms with van der Waals surface area (Å²) in [6.07, 6.45) is 8.42. The number of aromatic nitrogens is 2. The van der Waals surface area contributed by atoms with Crippen molar-refractivity contribution in [2.24, 2.45) is 5.73 Å². The summed E-state index contributed by atoms with van der Waals surface area (Å²) in [6, 6.07) is 2.28. The predicted octanol–water partition coefficient (Wildman–Crippen LogP) is 1.64. The molecule has 0 aromatic carbocycles. The highest BCUT2D eigenvalue weighted by Crippen LogP contribution is 2.36. The van der Waals surface area contributed by atoms with Gasteiger partial charge in [0.2, 0.25) is 0 Å². The molecule has 2 heterocycles. The molecule has 1 fully saturated rings. The number of hydrogen-bond acceptors (Lipinski definition) is 2. The van der Waals surface area contributed by atoms with Crippen molar-refractivity contribution in [2.45, 2.75) is 57.0 Å². The molecule has 1 aliphatic heterocycles. The fourth-order valence-electron chi connectivity index (χ4n) is 2.39. The molecule has 0 radical (unpaired) electrons. The zero-order valence-corrected chi connectivity index (χ0v) is 9.21. The van der Waals surface area contributed by atoms with E-state index < -0.39 is 0 Å². The van der Waals surface area contributed by atoms with Gasteiger partial charge in [-0.25, -0.2) is 0 Å². The SMILES string of the molecule is NC1(CCc2cc3n(n2)CCCC3)CC1. The number of nitrogens with two attached hydrogens (primary N) is 1. The molecule has 0 spiro atoms. The van der Waals surface area contributed by atoms with E-state index in [0.29, 0.717) is 0 Å². The fraction of sp³-hybridized carbons (Fsp3) is 0.750. The van der Waals surface area contributed by atoms with E-state index in [1.54, 1.807) is 0 Å². The Balaban J connectivity index is 1.67. The molecule has 1 aromatic heterocycles. The number of fused-ring (bicyclic) bond motifs is 1. The molecule has 1 aliphatic carbocycles. The second-order valence-electron chi connectivity index (χ2n) is 5.17. The Morgan fingerprint density at radius 2 is 2.27 bits per heavy atom. The second-order valence-corrected chi connectivity index (χ2v) is 5.17. The van der Waals surface area contributed by atoms with Crippen LogP contribution in [0.4, 0.5) is 0 Å². The Kier molecular flexibility index (Phi) is 2.09. The second kappa shape index (κ2) is 3.34. The Morgan fingerprint density at radius 3 is 3.00 bits per heavy atom. The predicted molar refractivity (Wildman–Crippen MR) is 59.6 cm³/mol. The maximum absolute atomic E-state index is 6.08. The van der Waals surface area contributed by atoms with E-state index in [1.807, 2.05) is 0 Å². The van der Waals surface area contributed by atoms with Crippen molar-refractivity contribution >= 4 is 0 Å². The summed E-state index contributed by atoms with van der Waals surface area (Å²) in [5, 5.41) is 4.64. The molecule has 3 rings (SSSR count). The van der Waals surface area contributed by atoms with Crippen molar-refractivity contribution in [1.29, 1.82) is 0 Å². The lowest BCUT2D eigenvalue weighted by atomic mass is 10.1. The Bertz CT molecular complexity index is 339. The van der Waals surface area contributed by atoms with Gasteiger partial charge in [-0.05, 0) is 51.0 Å². The highest BCUT2D eigenvalue weighted by Gasteiger charge is 2.37. The normalized spacial score (nSPS) is 22.5. The van der Waals surface area contributed by atoms with Crippen LogP contribution in [0.3, 0.4) is 0 Å². The number of nitrogens with zero attached hydrogens (tertiary/aromatic N) is 2. The van der Waals surface area contributed by atoms with Crippen molar-refractivity contribution in [1.82, 2.24) is 9.78 Å². The van der Waals surface area contributed by atoms with Crippen LogP contribution in [0.2, 0.25) is 0 Å². The van der Waals surface area contributed by atoms with Crippen LogP contribution in [0.5, 0.6) is 0 Å². The largest absolute Gasteiger partial charge is 0.325 e. The average Bonchev–Trinajstić information content (AvgIpc) is 2.83. The summed E-state index contributed by atoms with van der Waals surface area (Å²) < 4.78 is 2.19. The molecule has 0 amide bonds. The van der Waals surface area contributed by atoms with Crippen LogP contribution in [0.25, 0.3) is 0 Å². The molecule has 3 nitrogen and oxygen atoms in total. The molecule has 3 heteroatoms. The van der Waals surface area contributed by atoms with E-state index in [0.717, 1.165) is 19.4 Å². The minimum atomic E-state index is 0.171. The minimum Gasteiger partial charge on any atom is -0.325 e. The van der Waals surface area contributed by atoms with E-state index >= 15 is 0 Å². The van der Waals surface area contributed by atoms with Gasteiger partial charge in [-0.15, -0.1) is 0 Å². The molecule has 1 aromatic rings. The molecule has 15 heavy (non-hydrogen) atoms. The van der Waals surface area contributed by atoms with Crippen LogP contribution in [-0.4, -0.2) is 15.3 Å². The first-order valence-electron chi connectivity index (χ1n) is 6.10. The molecule has 0 atom stereocenters. The monoisotopic (exact) mass is 205 g/mol. The zero-order valence-electron chi connectivity index (χ0n) is 9.21. The summed E-state index contributed by atoms with van der Waals surface area (Å²) in [6.45, 7) is 1.11. The first kappa shape index (κ1) is 9.40. The van der Waals surface area contributed by atoms with Gasteiger partial charge in [-0.2, -0.15) is 5.10 Å². The fourth-order valence-corrected chi connectivity index (χ4v) is 2.39. The molecular formula is C12H19N3. The molecular weight excluding hydrogens is 186 g/mol. The molecule has 82 valence electrons. The summed E-state index contributed by atoms with van der Waals surface area (Å²) in [4.78, 5) is 0. The third-order valence-electron chi connectivity index (χ3n) is 3.74. The van der Waals surface area contributed by atoms with Crippen LogP contribution in [0, 0.1) is 0 Å². The zero-order chi connectivity index (χ0) is 10.3. The highest BCUT2D eigenvalue weighted by molar-refractivity contribution is 5.13. The lowest BCUT2D eigenvalue weighted by Gasteiger charge is -2.11. The van der Waals surface area contributed by atoms with E-state index in [1.165, 1.54) is 43.5 Å². The van der Waals surface area contributed by atoms with Crippen LogP contribution in [0.15, 0.2) is 6.07 Å². The van der Waals surface area contributed by atoms with Gasteiger partial charge in [0.25, 0.3) is 0 Å². The van der Waals surface area contributed by atoms with Gasteiger partial charge in [0.15, 0.2) is 0 Å². The Morgan fingerprint density at radius 1 is 1.40 bits per heavy atom. The molecule has 0 bridgehead atoms. The molecule has 2 N–H and O–H groups in total. The van der Waals surface area contributed by atoms with Crippen LogP contribution in [0.1, 0.15) is 43.5 Å². The van der Waals surface area contributed by atoms with Crippen molar-refractivity contribution < 1.29 is 0 Å². The van der Waals surface area contributed by atoms with Gasteiger partial charge in [0.05, 0.1) is 5.69 Å². The van der Waals surface area contributed by atoms with E-state index in [9.17, 15) is 0 Å². The average molecular weight is 205 g/mol. The third kappa shape index (κ3) is 1.93. The number of rotatable bonds is 3. The smallest absolute Gasteiger partial charge is 0.0628 e.